The molecule has 1 heterocycles. The van der Waals surface area contributed by atoms with E-state index in [1.165, 1.54) is 10.8 Å². The third-order valence-electron chi connectivity index (χ3n) is 3.00. The Morgan fingerprint density at radius 2 is 2.13 bits per heavy atom. The second-order valence-electron chi connectivity index (χ2n) is 3.69. The molecule has 15 heavy (non-hydrogen) atoms. The maximum Gasteiger partial charge on any atom is 0.325 e. The number of carbonyl (C=O) groups is 1. The van der Waals surface area contributed by atoms with Gasteiger partial charge in [-0.15, -0.1) is 0 Å². The molecular weight excluding hydrogens is 196 g/mol. The average molecular weight is 212 g/mol. The van der Waals surface area contributed by atoms with Gasteiger partial charge >= 0.3 is 11.7 Å². The number of imidazole rings is 1. The summed E-state index contributed by atoms with van der Waals surface area (Å²) in [5.74, 6) is -0.847. The molecule has 5 nitrogen and oxygen atoms in total. The second kappa shape index (κ2) is 4.33. The van der Waals surface area contributed by atoms with Crippen LogP contribution < -0.4 is 5.69 Å². The van der Waals surface area contributed by atoms with Crippen LogP contribution in [0.4, 0.5) is 0 Å². The van der Waals surface area contributed by atoms with Crippen LogP contribution >= 0.6 is 0 Å². The number of H-pyrrole nitrogens is 1. The molecule has 0 aliphatic rings. The molecule has 1 aromatic heterocycles. The number of aliphatic carboxylic acids is 1. The fourth-order valence-corrected chi connectivity index (χ4v) is 1.64. The maximum atomic E-state index is 11.3. The monoisotopic (exact) mass is 212 g/mol. The molecule has 2 N–H and O–H groups in total. The van der Waals surface area contributed by atoms with Gasteiger partial charge in [0.2, 0.25) is 0 Å². The second-order valence-corrected chi connectivity index (χ2v) is 3.69. The van der Waals surface area contributed by atoms with Crippen LogP contribution in [0.25, 0.3) is 0 Å². The Balaban J connectivity index is 2.99. The van der Waals surface area contributed by atoms with Gasteiger partial charge in [-0.2, -0.15) is 0 Å². The van der Waals surface area contributed by atoms with Crippen molar-refractivity contribution in [2.24, 2.45) is 5.41 Å². The van der Waals surface area contributed by atoms with Gasteiger partial charge in [-0.25, -0.2) is 4.79 Å². The van der Waals surface area contributed by atoms with E-state index in [9.17, 15) is 14.7 Å². The van der Waals surface area contributed by atoms with Crippen LogP contribution in [-0.4, -0.2) is 20.6 Å². The molecule has 0 aliphatic heterocycles. The SMILES string of the molecule is CCC(CC)(Cn1cc[nH]c1=O)C(=O)O. The number of nitrogens with zero attached hydrogens (tertiary/aromatic N) is 1. The van der Waals surface area contributed by atoms with Crippen LogP contribution in [0.1, 0.15) is 26.7 Å². The zero-order valence-corrected chi connectivity index (χ0v) is 8.99. The molecule has 0 saturated carbocycles. The molecule has 0 aromatic carbocycles. The zero-order valence-electron chi connectivity index (χ0n) is 8.99. The largest absolute Gasteiger partial charge is 0.481 e. The maximum absolute atomic E-state index is 11.3. The summed E-state index contributed by atoms with van der Waals surface area (Å²) in [5.41, 5.74) is -1.10. The third-order valence-corrected chi connectivity index (χ3v) is 3.00. The summed E-state index contributed by atoms with van der Waals surface area (Å²) < 4.78 is 1.40. The molecule has 0 fully saturated rings. The lowest BCUT2D eigenvalue weighted by Gasteiger charge is -2.26. The topological polar surface area (TPSA) is 75.1 Å². The highest BCUT2D eigenvalue weighted by Gasteiger charge is 2.35. The van der Waals surface area contributed by atoms with Crippen molar-refractivity contribution >= 4 is 5.97 Å². The number of hydrogen-bond acceptors (Lipinski definition) is 2. The summed E-state index contributed by atoms with van der Waals surface area (Å²) in [7, 11) is 0. The summed E-state index contributed by atoms with van der Waals surface area (Å²) >= 11 is 0. The van der Waals surface area contributed by atoms with Crippen molar-refractivity contribution < 1.29 is 9.90 Å². The van der Waals surface area contributed by atoms with Crippen molar-refractivity contribution in [3.05, 3.63) is 22.9 Å². The molecule has 0 saturated heterocycles. The molecule has 1 rings (SSSR count). The minimum Gasteiger partial charge on any atom is -0.481 e. The van der Waals surface area contributed by atoms with Crippen LogP contribution in [0, 0.1) is 5.41 Å². The average Bonchev–Trinajstić information content (AvgIpc) is 2.60. The molecule has 5 heteroatoms. The van der Waals surface area contributed by atoms with E-state index in [0.29, 0.717) is 12.8 Å². The number of nitrogens with one attached hydrogen (secondary N) is 1. The lowest BCUT2D eigenvalue weighted by molar-refractivity contribution is -0.150. The summed E-state index contributed by atoms with van der Waals surface area (Å²) in [4.78, 5) is 25.0. The van der Waals surface area contributed by atoms with E-state index in [0.717, 1.165) is 0 Å². The van der Waals surface area contributed by atoms with Crippen molar-refractivity contribution in [3.63, 3.8) is 0 Å². The standard InChI is InChI=1S/C10H16N2O3/c1-3-10(4-2,8(13)14)7-12-6-5-11-9(12)15/h5-6H,3-4,7H2,1-2H3,(H,11,15)(H,13,14). The molecule has 0 atom stereocenters. The van der Waals surface area contributed by atoms with Crippen LogP contribution in [-0.2, 0) is 11.3 Å². The van der Waals surface area contributed by atoms with Crippen molar-refractivity contribution in [3.8, 4) is 0 Å². The Morgan fingerprint density at radius 1 is 1.53 bits per heavy atom. The van der Waals surface area contributed by atoms with Gasteiger partial charge in [-0.3, -0.25) is 9.36 Å². The number of aromatic amines is 1. The summed E-state index contributed by atoms with van der Waals surface area (Å²) in [5, 5.41) is 9.19. The molecule has 0 radical (unpaired) electrons. The highest BCUT2D eigenvalue weighted by Crippen LogP contribution is 2.28. The van der Waals surface area contributed by atoms with Gasteiger partial charge in [0.15, 0.2) is 0 Å². The fourth-order valence-electron chi connectivity index (χ4n) is 1.64. The lowest BCUT2D eigenvalue weighted by atomic mass is 9.82. The normalized spacial score (nSPS) is 11.6. The first-order chi connectivity index (χ1) is 7.05. The predicted molar refractivity (Wildman–Crippen MR) is 55.7 cm³/mol. The molecular formula is C10H16N2O3. The van der Waals surface area contributed by atoms with E-state index in [1.54, 1.807) is 6.20 Å². The quantitative estimate of drug-likeness (QED) is 0.766. The summed E-state index contributed by atoms with van der Waals surface area (Å²) in [6, 6.07) is 0. The lowest BCUT2D eigenvalue weighted by Crippen LogP contribution is -2.37. The summed E-state index contributed by atoms with van der Waals surface area (Å²) in [6.45, 7) is 3.88. The Bertz CT molecular complexity index is 387. The Labute approximate surface area is 87.7 Å². The van der Waals surface area contributed by atoms with E-state index < -0.39 is 11.4 Å². The Kier molecular flexibility index (Phi) is 3.34. The Hall–Kier alpha value is -1.52. The highest BCUT2D eigenvalue weighted by molar-refractivity contribution is 5.74. The first-order valence-corrected chi connectivity index (χ1v) is 5.03. The van der Waals surface area contributed by atoms with Crippen LogP contribution in [0.15, 0.2) is 17.2 Å². The van der Waals surface area contributed by atoms with Crippen molar-refractivity contribution in [2.75, 3.05) is 0 Å². The predicted octanol–water partition coefficient (Wildman–Crippen LogP) is 1.07. The van der Waals surface area contributed by atoms with Gasteiger partial charge in [-0.1, -0.05) is 13.8 Å². The van der Waals surface area contributed by atoms with Gasteiger partial charge < -0.3 is 10.1 Å². The van der Waals surface area contributed by atoms with Crippen LogP contribution in [0.3, 0.4) is 0 Å². The van der Waals surface area contributed by atoms with Crippen LogP contribution in [0.5, 0.6) is 0 Å². The van der Waals surface area contributed by atoms with Crippen molar-refractivity contribution in [1.29, 1.82) is 0 Å². The first kappa shape index (κ1) is 11.6. The number of carboxylic acids is 1. The third kappa shape index (κ3) is 2.11. The zero-order chi connectivity index (χ0) is 11.5. The molecule has 1 aromatic rings. The van der Waals surface area contributed by atoms with Gasteiger partial charge in [0.25, 0.3) is 0 Å². The minimum absolute atomic E-state index is 0.220. The minimum atomic E-state index is -0.847. The molecule has 84 valence electrons. The van der Waals surface area contributed by atoms with Gasteiger partial charge in [0.05, 0.1) is 5.41 Å². The van der Waals surface area contributed by atoms with Crippen molar-refractivity contribution in [1.82, 2.24) is 9.55 Å². The Morgan fingerprint density at radius 3 is 2.47 bits per heavy atom. The smallest absolute Gasteiger partial charge is 0.325 e. The fraction of sp³-hybridized carbons (Fsp3) is 0.600. The van der Waals surface area contributed by atoms with E-state index in [4.69, 9.17) is 0 Å². The number of hydrogen-bond donors (Lipinski definition) is 2. The molecule has 0 aliphatic carbocycles. The highest BCUT2D eigenvalue weighted by atomic mass is 16.4. The van der Waals surface area contributed by atoms with Crippen molar-refractivity contribution in [2.45, 2.75) is 33.2 Å². The number of rotatable bonds is 5. The van der Waals surface area contributed by atoms with E-state index in [2.05, 4.69) is 4.98 Å². The number of carboxylic acid groups (broad SMARTS) is 1. The van der Waals surface area contributed by atoms with Crippen LogP contribution in [0.2, 0.25) is 0 Å². The van der Waals surface area contributed by atoms with Gasteiger partial charge in [0, 0.05) is 18.9 Å². The number of aromatic nitrogens is 2. The van der Waals surface area contributed by atoms with Gasteiger partial charge in [-0.05, 0) is 12.8 Å². The molecule has 0 spiro atoms. The molecule has 0 amide bonds. The first-order valence-electron chi connectivity index (χ1n) is 5.03. The van der Waals surface area contributed by atoms with E-state index >= 15 is 0 Å². The van der Waals surface area contributed by atoms with Gasteiger partial charge in [0.1, 0.15) is 0 Å². The summed E-state index contributed by atoms with van der Waals surface area (Å²) in [6.07, 6.45) is 4.11. The molecule has 0 bridgehead atoms. The van der Waals surface area contributed by atoms with E-state index in [-0.39, 0.29) is 12.2 Å². The van der Waals surface area contributed by atoms with E-state index in [1.807, 2.05) is 13.8 Å². The molecule has 0 unspecified atom stereocenters.